The molecule has 6 heteroatoms. The Morgan fingerprint density at radius 3 is 2.52 bits per heavy atom. The Kier molecular flexibility index (Phi) is 5.44. The summed E-state index contributed by atoms with van der Waals surface area (Å²) in [7, 11) is 0. The molecule has 4 rings (SSSR count). The van der Waals surface area contributed by atoms with E-state index in [0.717, 1.165) is 34.3 Å². The Morgan fingerprint density at radius 1 is 1.03 bits per heavy atom. The minimum absolute atomic E-state index is 0.155. The molecule has 0 unspecified atom stereocenters. The third-order valence-corrected chi connectivity index (χ3v) is 5.24. The zero-order valence-corrected chi connectivity index (χ0v) is 16.6. The summed E-state index contributed by atoms with van der Waals surface area (Å²) in [5.74, 6) is 1.00. The summed E-state index contributed by atoms with van der Waals surface area (Å²) in [4.78, 5) is 19.0. The van der Waals surface area contributed by atoms with Gasteiger partial charge in [-0.2, -0.15) is 0 Å². The van der Waals surface area contributed by atoms with Gasteiger partial charge < -0.3 is 4.74 Å². The van der Waals surface area contributed by atoms with Crippen LogP contribution in [0.2, 0.25) is 0 Å². The fourth-order valence-electron chi connectivity index (χ4n) is 2.90. The Morgan fingerprint density at radius 2 is 1.79 bits per heavy atom. The number of thioether (sulfide) groups is 1. The lowest BCUT2D eigenvalue weighted by Gasteiger charge is -2.13. The monoisotopic (exact) mass is 401 g/mol. The molecule has 1 aliphatic heterocycles. The number of ether oxygens (including phenoxy) is 1. The molecule has 0 aliphatic carbocycles. The summed E-state index contributed by atoms with van der Waals surface area (Å²) < 4.78 is 5.80. The zero-order chi connectivity index (χ0) is 20.2. The van der Waals surface area contributed by atoms with Gasteiger partial charge >= 0.3 is 0 Å². The van der Waals surface area contributed by atoms with Gasteiger partial charge in [-0.1, -0.05) is 48.5 Å². The lowest BCUT2D eigenvalue weighted by Crippen LogP contribution is -2.29. The van der Waals surface area contributed by atoms with Crippen LogP contribution >= 0.6 is 11.8 Å². The number of carbonyl (C=O) groups excluding carboxylic acids is 1. The van der Waals surface area contributed by atoms with Gasteiger partial charge in [0, 0.05) is 5.69 Å². The van der Waals surface area contributed by atoms with Crippen LogP contribution in [0.4, 0.5) is 5.82 Å². The van der Waals surface area contributed by atoms with Gasteiger partial charge in [-0.25, -0.2) is 9.88 Å². The molecule has 0 atom stereocenters. The molecule has 1 N–H and O–H groups in total. The number of anilines is 1. The zero-order valence-electron chi connectivity index (χ0n) is 15.8. The number of nitrogens with one attached hydrogen (secondary N) is 1. The van der Waals surface area contributed by atoms with Crippen molar-refractivity contribution >= 4 is 34.7 Å². The summed E-state index contributed by atoms with van der Waals surface area (Å²) in [5.41, 5.74) is 2.78. The number of nitrogens with zero attached hydrogens (tertiary/aromatic N) is 2. The molecule has 0 radical (unpaired) electrons. The third kappa shape index (κ3) is 4.38. The first-order valence-electron chi connectivity index (χ1n) is 9.13. The average molecular weight is 401 g/mol. The van der Waals surface area contributed by atoms with Crippen molar-refractivity contribution in [1.29, 1.82) is 5.41 Å². The van der Waals surface area contributed by atoms with Crippen LogP contribution in [0.5, 0.6) is 5.75 Å². The number of benzene rings is 2. The molecule has 0 spiro atoms. The van der Waals surface area contributed by atoms with Gasteiger partial charge in [0.2, 0.25) is 0 Å². The Balaban J connectivity index is 1.46. The summed E-state index contributed by atoms with van der Waals surface area (Å²) in [5, 5.41) is 8.33. The molecule has 3 aromatic rings. The maximum atomic E-state index is 12.8. The quantitative estimate of drug-likeness (QED) is 0.609. The highest BCUT2D eigenvalue weighted by atomic mass is 32.2. The van der Waals surface area contributed by atoms with Crippen LogP contribution in [0, 0.1) is 12.3 Å². The number of amides is 1. The lowest BCUT2D eigenvalue weighted by molar-refractivity contribution is -0.113. The number of aromatic nitrogens is 1. The molecule has 1 saturated heterocycles. The van der Waals surface area contributed by atoms with E-state index in [0.29, 0.717) is 17.3 Å². The highest BCUT2D eigenvalue weighted by molar-refractivity contribution is 8.19. The maximum absolute atomic E-state index is 12.8. The van der Waals surface area contributed by atoms with Crippen molar-refractivity contribution in [2.75, 3.05) is 4.90 Å². The van der Waals surface area contributed by atoms with E-state index in [1.54, 1.807) is 12.1 Å². The number of pyridine rings is 1. The average Bonchev–Trinajstić information content (AvgIpc) is 3.01. The fourth-order valence-corrected chi connectivity index (χ4v) is 3.75. The Hall–Kier alpha value is -3.38. The molecule has 2 heterocycles. The van der Waals surface area contributed by atoms with Crippen molar-refractivity contribution < 1.29 is 9.53 Å². The summed E-state index contributed by atoms with van der Waals surface area (Å²) in [6.45, 7) is 2.37. The molecule has 5 nitrogen and oxygen atoms in total. The van der Waals surface area contributed by atoms with Gasteiger partial charge in [0.05, 0.1) is 4.91 Å². The topological polar surface area (TPSA) is 66.3 Å². The number of hydrogen-bond acceptors (Lipinski definition) is 5. The molecule has 0 saturated carbocycles. The maximum Gasteiger partial charge on any atom is 0.272 e. The van der Waals surface area contributed by atoms with E-state index in [2.05, 4.69) is 4.98 Å². The van der Waals surface area contributed by atoms with Gasteiger partial charge in [0.1, 0.15) is 18.2 Å². The summed E-state index contributed by atoms with van der Waals surface area (Å²) in [6, 6.07) is 23.0. The number of carbonyl (C=O) groups is 1. The second-order valence-corrected chi connectivity index (χ2v) is 7.57. The first kappa shape index (κ1) is 19.0. The van der Waals surface area contributed by atoms with Crippen LogP contribution in [0.3, 0.4) is 0 Å². The largest absolute Gasteiger partial charge is 0.489 e. The van der Waals surface area contributed by atoms with Gasteiger partial charge in [-0.15, -0.1) is 0 Å². The van der Waals surface area contributed by atoms with Crippen LogP contribution in [0.25, 0.3) is 6.08 Å². The van der Waals surface area contributed by atoms with Crippen LogP contribution < -0.4 is 9.64 Å². The molecule has 1 fully saturated rings. The number of amidine groups is 1. The van der Waals surface area contributed by atoms with Crippen LogP contribution in [0.1, 0.15) is 16.8 Å². The van der Waals surface area contributed by atoms with E-state index >= 15 is 0 Å². The van der Waals surface area contributed by atoms with Crippen molar-refractivity contribution in [1.82, 2.24) is 4.98 Å². The van der Waals surface area contributed by atoms with Crippen LogP contribution in [-0.2, 0) is 11.4 Å². The number of aryl methyl sites for hydroxylation is 1. The normalized spacial score (nSPS) is 15.2. The standard InChI is InChI=1S/C23H19N3O2S/c1-16-6-5-9-21(25-16)26-22(27)20(29-23(26)24)14-17-10-12-19(13-11-17)28-15-18-7-3-2-4-8-18/h2-14,24H,15H2,1H3/b20-14-,24-23?. The van der Waals surface area contributed by atoms with Crippen LogP contribution in [-0.4, -0.2) is 16.1 Å². The lowest BCUT2D eigenvalue weighted by atomic mass is 10.2. The molecular weight excluding hydrogens is 382 g/mol. The molecule has 1 amide bonds. The number of hydrogen-bond donors (Lipinski definition) is 1. The van der Waals surface area contributed by atoms with Crippen molar-refractivity contribution in [2.24, 2.45) is 0 Å². The third-order valence-electron chi connectivity index (χ3n) is 4.35. The van der Waals surface area contributed by atoms with Gasteiger partial charge in [0.15, 0.2) is 5.17 Å². The minimum Gasteiger partial charge on any atom is -0.489 e. The SMILES string of the molecule is Cc1cccc(N2C(=N)S/C(=C\c3ccc(OCc4ccccc4)cc3)C2=O)n1. The van der Waals surface area contributed by atoms with Gasteiger partial charge in [0.25, 0.3) is 5.91 Å². The van der Waals surface area contributed by atoms with E-state index in [1.165, 1.54) is 4.90 Å². The Labute approximate surface area is 173 Å². The molecular formula is C23H19N3O2S. The molecule has 1 aromatic heterocycles. The second-order valence-electron chi connectivity index (χ2n) is 6.54. The predicted molar refractivity (Wildman–Crippen MR) is 117 cm³/mol. The second kappa shape index (κ2) is 8.32. The van der Waals surface area contributed by atoms with Crippen molar-refractivity contribution in [2.45, 2.75) is 13.5 Å². The molecule has 144 valence electrons. The molecule has 0 bridgehead atoms. The van der Waals surface area contributed by atoms with Crippen molar-refractivity contribution in [3.05, 3.63) is 94.5 Å². The predicted octanol–water partition coefficient (Wildman–Crippen LogP) is 5.02. The van der Waals surface area contributed by atoms with E-state index in [4.69, 9.17) is 10.1 Å². The highest BCUT2D eigenvalue weighted by Gasteiger charge is 2.34. The van der Waals surface area contributed by atoms with E-state index in [-0.39, 0.29) is 11.1 Å². The Bertz CT molecular complexity index is 1080. The molecule has 2 aromatic carbocycles. The molecule has 1 aliphatic rings. The van der Waals surface area contributed by atoms with Crippen molar-refractivity contribution in [3.63, 3.8) is 0 Å². The first-order chi connectivity index (χ1) is 14.1. The first-order valence-corrected chi connectivity index (χ1v) is 9.95. The number of rotatable bonds is 5. The van der Waals surface area contributed by atoms with E-state index < -0.39 is 0 Å². The summed E-state index contributed by atoms with van der Waals surface area (Å²) in [6.07, 6.45) is 1.79. The van der Waals surface area contributed by atoms with Gasteiger partial charge in [-0.05, 0) is 60.2 Å². The van der Waals surface area contributed by atoms with E-state index in [1.807, 2.05) is 73.7 Å². The van der Waals surface area contributed by atoms with Gasteiger partial charge in [-0.3, -0.25) is 10.2 Å². The van der Waals surface area contributed by atoms with Crippen LogP contribution in [0.15, 0.2) is 77.7 Å². The van der Waals surface area contributed by atoms with E-state index in [9.17, 15) is 4.79 Å². The fraction of sp³-hybridized carbons (Fsp3) is 0.0870. The smallest absolute Gasteiger partial charge is 0.272 e. The summed E-state index contributed by atoms with van der Waals surface area (Å²) >= 11 is 1.14. The molecule has 29 heavy (non-hydrogen) atoms. The van der Waals surface area contributed by atoms with Crippen molar-refractivity contribution in [3.8, 4) is 5.75 Å². The minimum atomic E-state index is -0.234. The highest BCUT2D eigenvalue weighted by Crippen LogP contribution is 2.34.